The molecule has 1 aliphatic heterocycles. The molecule has 25 heavy (non-hydrogen) atoms. The Morgan fingerprint density at radius 1 is 1.20 bits per heavy atom. The topological polar surface area (TPSA) is 55.3 Å². The highest BCUT2D eigenvalue weighted by atomic mass is 32.2. The molecule has 0 radical (unpaired) electrons. The molecule has 5 nitrogen and oxygen atoms in total. The standard InChI is InChI=1S/C19H23N3O2S/c23-19(15-25-14-17-5-2-8-21-11-17)22(13-18-6-3-9-24-18)12-16-4-1-7-20-10-16/h1-2,4-5,7-8,10-11,18H,3,6,9,12-15H2. The Labute approximate surface area is 152 Å². The van der Waals surface area contributed by atoms with E-state index in [1.165, 1.54) is 0 Å². The Morgan fingerprint density at radius 3 is 2.60 bits per heavy atom. The number of nitrogens with zero attached hydrogens (tertiary/aromatic N) is 3. The fourth-order valence-electron chi connectivity index (χ4n) is 2.83. The van der Waals surface area contributed by atoms with E-state index in [1.54, 1.807) is 24.2 Å². The third kappa shape index (κ3) is 5.83. The lowest BCUT2D eigenvalue weighted by atomic mass is 10.2. The summed E-state index contributed by atoms with van der Waals surface area (Å²) in [4.78, 5) is 22.9. The molecule has 3 heterocycles. The van der Waals surface area contributed by atoms with Gasteiger partial charge in [0, 0.05) is 50.2 Å². The van der Waals surface area contributed by atoms with E-state index in [2.05, 4.69) is 9.97 Å². The first-order chi connectivity index (χ1) is 12.3. The smallest absolute Gasteiger partial charge is 0.232 e. The van der Waals surface area contributed by atoms with Crippen molar-refractivity contribution in [3.05, 3.63) is 60.2 Å². The minimum atomic E-state index is 0.147. The average Bonchev–Trinajstić information content (AvgIpc) is 3.16. The van der Waals surface area contributed by atoms with Crippen LogP contribution in [0.2, 0.25) is 0 Å². The van der Waals surface area contributed by atoms with Crippen LogP contribution in [0.25, 0.3) is 0 Å². The van der Waals surface area contributed by atoms with Gasteiger partial charge in [0.25, 0.3) is 0 Å². The SMILES string of the molecule is O=C(CSCc1cccnc1)N(Cc1cccnc1)CC1CCCO1. The van der Waals surface area contributed by atoms with Crippen molar-refractivity contribution in [3.63, 3.8) is 0 Å². The van der Waals surface area contributed by atoms with Gasteiger partial charge in [-0.15, -0.1) is 11.8 Å². The second kappa shape index (κ2) is 9.53. The van der Waals surface area contributed by atoms with Crippen molar-refractivity contribution < 1.29 is 9.53 Å². The number of aromatic nitrogens is 2. The van der Waals surface area contributed by atoms with Crippen molar-refractivity contribution in [1.29, 1.82) is 0 Å². The van der Waals surface area contributed by atoms with E-state index < -0.39 is 0 Å². The lowest BCUT2D eigenvalue weighted by Gasteiger charge is -2.25. The number of amides is 1. The van der Waals surface area contributed by atoms with Crippen molar-refractivity contribution in [1.82, 2.24) is 14.9 Å². The van der Waals surface area contributed by atoms with E-state index in [9.17, 15) is 4.79 Å². The van der Waals surface area contributed by atoms with Crippen LogP contribution < -0.4 is 0 Å². The summed E-state index contributed by atoms with van der Waals surface area (Å²) in [6.07, 6.45) is 9.44. The van der Waals surface area contributed by atoms with Gasteiger partial charge in [0.1, 0.15) is 0 Å². The van der Waals surface area contributed by atoms with Crippen LogP contribution in [0.5, 0.6) is 0 Å². The Balaban J connectivity index is 1.55. The number of ether oxygens (including phenoxy) is 1. The average molecular weight is 357 g/mol. The number of carbonyl (C=O) groups excluding carboxylic acids is 1. The van der Waals surface area contributed by atoms with Gasteiger partial charge >= 0.3 is 0 Å². The molecular weight excluding hydrogens is 334 g/mol. The van der Waals surface area contributed by atoms with Gasteiger partial charge in [0.05, 0.1) is 11.9 Å². The molecule has 2 aromatic rings. The maximum atomic E-state index is 12.7. The highest BCUT2D eigenvalue weighted by Gasteiger charge is 2.22. The number of hydrogen-bond acceptors (Lipinski definition) is 5. The summed E-state index contributed by atoms with van der Waals surface area (Å²) in [6.45, 7) is 2.04. The molecule has 2 aromatic heterocycles. The minimum Gasteiger partial charge on any atom is -0.376 e. The van der Waals surface area contributed by atoms with Crippen LogP contribution in [-0.4, -0.2) is 45.8 Å². The van der Waals surface area contributed by atoms with Gasteiger partial charge in [-0.05, 0) is 36.1 Å². The highest BCUT2D eigenvalue weighted by molar-refractivity contribution is 7.99. The zero-order chi connectivity index (χ0) is 17.3. The molecule has 0 aliphatic carbocycles. The second-order valence-corrected chi connectivity index (χ2v) is 7.11. The quantitative estimate of drug-likeness (QED) is 0.727. The van der Waals surface area contributed by atoms with Crippen LogP contribution in [-0.2, 0) is 21.8 Å². The molecule has 1 atom stereocenters. The summed E-state index contributed by atoms with van der Waals surface area (Å²) in [5.74, 6) is 1.40. The van der Waals surface area contributed by atoms with E-state index in [0.29, 0.717) is 18.8 Å². The van der Waals surface area contributed by atoms with Crippen LogP contribution in [0, 0.1) is 0 Å². The maximum absolute atomic E-state index is 12.7. The van der Waals surface area contributed by atoms with Gasteiger partial charge in [-0.3, -0.25) is 14.8 Å². The predicted molar refractivity (Wildman–Crippen MR) is 99.0 cm³/mol. The van der Waals surface area contributed by atoms with E-state index in [4.69, 9.17) is 4.74 Å². The first kappa shape index (κ1) is 17.9. The van der Waals surface area contributed by atoms with Gasteiger partial charge in [-0.2, -0.15) is 0 Å². The van der Waals surface area contributed by atoms with Gasteiger partial charge in [-0.25, -0.2) is 0 Å². The van der Waals surface area contributed by atoms with Crippen molar-refractivity contribution in [2.75, 3.05) is 18.9 Å². The minimum absolute atomic E-state index is 0.147. The molecule has 1 fully saturated rings. The zero-order valence-corrected chi connectivity index (χ0v) is 15.0. The van der Waals surface area contributed by atoms with Crippen LogP contribution in [0.4, 0.5) is 0 Å². The molecule has 0 bridgehead atoms. The van der Waals surface area contributed by atoms with Crippen molar-refractivity contribution in [2.45, 2.75) is 31.2 Å². The lowest BCUT2D eigenvalue weighted by Crippen LogP contribution is -2.38. The summed E-state index contributed by atoms with van der Waals surface area (Å²) in [7, 11) is 0. The molecule has 1 amide bonds. The Hall–Kier alpha value is -1.92. The monoisotopic (exact) mass is 357 g/mol. The first-order valence-corrected chi connectivity index (χ1v) is 9.71. The Kier molecular flexibility index (Phi) is 6.82. The van der Waals surface area contributed by atoms with E-state index in [1.807, 2.05) is 41.6 Å². The summed E-state index contributed by atoms with van der Waals surface area (Å²) < 4.78 is 5.72. The predicted octanol–water partition coefficient (Wildman–Crippen LogP) is 2.92. The van der Waals surface area contributed by atoms with Crippen molar-refractivity contribution in [3.8, 4) is 0 Å². The third-order valence-electron chi connectivity index (χ3n) is 4.11. The van der Waals surface area contributed by atoms with E-state index in [0.717, 1.165) is 36.3 Å². The fraction of sp³-hybridized carbons (Fsp3) is 0.421. The molecule has 132 valence electrons. The summed E-state index contributed by atoms with van der Waals surface area (Å²) >= 11 is 1.62. The molecule has 1 unspecified atom stereocenters. The lowest BCUT2D eigenvalue weighted by molar-refractivity contribution is -0.130. The molecular formula is C19H23N3O2S. The van der Waals surface area contributed by atoms with Gasteiger partial charge < -0.3 is 9.64 Å². The number of pyridine rings is 2. The molecule has 1 aliphatic rings. The molecule has 3 rings (SSSR count). The Bertz CT molecular complexity index is 648. The largest absolute Gasteiger partial charge is 0.376 e. The molecule has 0 spiro atoms. The van der Waals surface area contributed by atoms with Gasteiger partial charge in [0.2, 0.25) is 5.91 Å². The molecule has 0 N–H and O–H groups in total. The van der Waals surface area contributed by atoms with Crippen molar-refractivity contribution >= 4 is 17.7 Å². The number of rotatable bonds is 8. The van der Waals surface area contributed by atoms with Crippen molar-refractivity contribution in [2.24, 2.45) is 0 Å². The number of thioether (sulfide) groups is 1. The van der Waals surface area contributed by atoms with Gasteiger partial charge in [-0.1, -0.05) is 12.1 Å². The maximum Gasteiger partial charge on any atom is 0.232 e. The third-order valence-corrected chi connectivity index (χ3v) is 5.10. The summed E-state index contributed by atoms with van der Waals surface area (Å²) in [5, 5.41) is 0. The summed E-state index contributed by atoms with van der Waals surface area (Å²) in [6, 6.07) is 7.86. The van der Waals surface area contributed by atoms with E-state index in [-0.39, 0.29) is 12.0 Å². The van der Waals surface area contributed by atoms with Crippen LogP contribution in [0.15, 0.2) is 49.1 Å². The van der Waals surface area contributed by atoms with Crippen LogP contribution in [0.1, 0.15) is 24.0 Å². The molecule has 1 saturated heterocycles. The van der Waals surface area contributed by atoms with E-state index >= 15 is 0 Å². The summed E-state index contributed by atoms with van der Waals surface area (Å²) in [5.41, 5.74) is 2.18. The fourth-order valence-corrected chi connectivity index (χ4v) is 3.70. The van der Waals surface area contributed by atoms with Gasteiger partial charge in [0.15, 0.2) is 0 Å². The molecule has 0 aromatic carbocycles. The molecule has 6 heteroatoms. The van der Waals surface area contributed by atoms with Crippen LogP contribution >= 0.6 is 11.8 Å². The molecule has 0 saturated carbocycles. The second-order valence-electron chi connectivity index (χ2n) is 6.12. The first-order valence-electron chi connectivity index (χ1n) is 8.56. The number of hydrogen-bond donors (Lipinski definition) is 0. The normalized spacial score (nSPS) is 16.7. The zero-order valence-electron chi connectivity index (χ0n) is 14.2. The number of carbonyl (C=O) groups is 1. The highest BCUT2D eigenvalue weighted by Crippen LogP contribution is 2.17. The Morgan fingerprint density at radius 2 is 1.96 bits per heavy atom. The van der Waals surface area contributed by atoms with Crippen LogP contribution in [0.3, 0.4) is 0 Å².